The summed E-state index contributed by atoms with van der Waals surface area (Å²) in [6.45, 7) is 0. The largest absolute Gasteiger partial charge is 0.495 e. The van der Waals surface area contributed by atoms with Crippen molar-refractivity contribution in [2.75, 3.05) is 12.8 Å². The Labute approximate surface area is 136 Å². The molecule has 0 aromatic carbocycles. The molecule has 3 N–H and O–H groups in total. The average molecular weight is 321 g/mol. The van der Waals surface area contributed by atoms with Crippen LogP contribution >= 0.6 is 0 Å². The Hall–Kier alpha value is -3.16. The van der Waals surface area contributed by atoms with Gasteiger partial charge in [-0.15, -0.1) is 0 Å². The number of nitrogen functional groups attached to an aromatic ring is 1. The summed E-state index contributed by atoms with van der Waals surface area (Å²) in [6.07, 6.45) is 5.77. The van der Waals surface area contributed by atoms with Gasteiger partial charge in [0.15, 0.2) is 5.65 Å². The minimum atomic E-state index is 0.408. The average Bonchev–Trinajstić information content (AvgIpc) is 3.17. The smallest absolute Gasteiger partial charge is 0.157 e. The lowest BCUT2D eigenvalue weighted by molar-refractivity contribution is 0.405. The number of hydrogen-bond donors (Lipinski definition) is 2. The van der Waals surface area contributed by atoms with Crippen molar-refractivity contribution in [1.82, 2.24) is 29.8 Å². The van der Waals surface area contributed by atoms with E-state index in [9.17, 15) is 0 Å². The summed E-state index contributed by atoms with van der Waals surface area (Å²) in [4.78, 5) is 8.91. The number of hydrogen-bond acceptors (Lipinski definition) is 6. The van der Waals surface area contributed by atoms with Crippen LogP contribution in [0.2, 0.25) is 0 Å². The summed E-state index contributed by atoms with van der Waals surface area (Å²) in [7, 11) is 1.67. The van der Waals surface area contributed by atoms with E-state index >= 15 is 0 Å². The molecule has 4 aromatic heterocycles. The number of anilines is 1. The van der Waals surface area contributed by atoms with Crippen LogP contribution < -0.4 is 10.5 Å². The Morgan fingerprint density at radius 3 is 2.96 bits per heavy atom. The highest BCUT2D eigenvalue weighted by Crippen LogP contribution is 2.43. The molecule has 0 bridgehead atoms. The Morgan fingerprint density at radius 1 is 1.29 bits per heavy atom. The van der Waals surface area contributed by atoms with Gasteiger partial charge in [-0.1, -0.05) is 0 Å². The quantitative estimate of drug-likeness (QED) is 0.598. The maximum Gasteiger partial charge on any atom is 0.157 e. The van der Waals surface area contributed by atoms with Gasteiger partial charge in [0, 0.05) is 17.4 Å². The number of fused-ring (bicyclic) bond motifs is 2. The first-order valence-corrected chi connectivity index (χ1v) is 7.77. The summed E-state index contributed by atoms with van der Waals surface area (Å²) in [5.41, 5.74) is 9.98. The van der Waals surface area contributed by atoms with Crippen LogP contribution in [0, 0.1) is 0 Å². The van der Waals surface area contributed by atoms with E-state index in [4.69, 9.17) is 15.6 Å². The Balaban J connectivity index is 1.74. The number of aromatic nitrogens is 6. The number of methoxy groups -OCH3 is 1. The van der Waals surface area contributed by atoms with E-state index in [1.165, 1.54) is 0 Å². The highest BCUT2D eigenvalue weighted by molar-refractivity contribution is 5.89. The van der Waals surface area contributed by atoms with Crippen LogP contribution in [0.5, 0.6) is 5.75 Å². The maximum atomic E-state index is 6.03. The van der Waals surface area contributed by atoms with Crippen LogP contribution in [0.3, 0.4) is 0 Å². The first-order chi connectivity index (χ1) is 11.7. The molecule has 0 unspecified atom stereocenters. The van der Waals surface area contributed by atoms with E-state index in [1.54, 1.807) is 19.5 Å². The summed E-state index contributed by atoms with van der Waals surface area (Å²) in [5, 5.41) is 12.5. The minimum Gasteiger partial charge on any atom is -0.495 e. The van der Waals surface area contributed by atoms with Gasteiger partial charge < -0.3 is 10.5 Å². The van der Waals surface area contributed by atoms with Crippen LogP contribution in [0.4, 0.5) is 5.82 Å². The monoisotopic (exact) mass is 321 g/mol. The number of aromatic amines is 1. The molecule has 4 heterocycles. The zero-order chi connectivity index (χ0) is 16.3. The molecule has 5 rings (SSSR count). The van der Waals surface area contributed by atoms with Gasteiger partial charge >= 0.3 is 0 Å². The Bertz CT molecular complexity index is 1080. The van der Waals surface area contributed by atoms with Crippen molar-refractivity contribution in [3.8, 4) is 17.1 Å². The Morgan fingerprint density at radius 2 is 2.17 bits per heavy atom. The van der Waals surface area contributed by atoms with E-state index in [1.807, 2.05) is 16.6 Å². The van der Waals surface area contributed by atoms with Gasteiger partial charge in [0.25, 0.3) is 0 Å². The second-order valence-corrected chi connectivity index (χ2v) is 6.01. The van der Waals surface area contributed by atoms with Crippen LogP contribution in [0.1, 0.15) is 24.5 Å². The highest BCUT2D eigenvalue weighted by Gasteiger charge is 2.29. The standard InChI is InChI=1S/C16H15N7O/c1-24-12-5-13-18-7-11(23(13)22-14(12)8-2-3-8)10-4-9-6-19-21-15(9)16(17)20-10/h4-8H,2-3H2,1H3,(H2,17,20)(H,19,21). The van der Waals surface area contributed by atoms with E-state index in [2.05, 4.69) is 20.2 Å². The van der Waals surface area contributed by atoms with Crippen LogP contribution in [-0.4, -0.2) is 36.9 Å². The molecule has 0 amide bonds. The zero-order valence-electron chi connectivity index (χ0n) is 13.0. The topological polar surface area (TPSA) is 107 Å². The molecule has 0 atom stereocenters. The summed E-state index contributed by atoms with van der Waals surface area (Å²) in [5.74, 6) is 1.67. The summed E-state index contributed by atoms with van der Waals surface area (Å²) < 4.78 is 7.28. The molecule has 24 heavy (non-hydrogen) atoms. The molecule has 8 heteroatoms. The first-order valence-electron chi connectivity index (χ1n) is 7.77. The normalized spacial score (nSPS) is 14.5. The fourth-order valence-electron chi connectivity index (χ4n) is 3.00. The third-order valence-electron chi connectivity index (χ3n) is 4.39. The van der Waals surface area contributed by atoms with Crippen molar-refractivity contribution in [1.29, 1.82) is 0 Å². The zero-order valence-corrected chi connectivity index (χ0v) is 13.0. The van der Waals surface area contributed by atoms with Crippen molar-refractivity contribution < 1.29 is 4.74 Å². The fraction of sp³-hybridized carbons (Fsp3) is 0.250. The lowest BCUT2D eigenvalue weighted by Crippen LogP contribution is -2.03. The SMILES string of the molecule is COc1cc2ncc(-c3cc4cn[nH]c4c(N)n3)n2nc1C1CC1. The first kappa shape index (κ1) is 13.3. The van der Waals surface area contributed by atoms with E-state index in [0.717, 1.165) is 46.5 Å². The van der Waals surface area contributed by atoms with Crippen LogP contribution in [0.15, 0.2) is 24.5 Å². The van der Waals surface area contributed by atoms with Crippen molar-refractivity contribution in [2.24, 2.45) is 0 Å². The molecular weight excluding hydrogens is 306 g/mol. The van der Waals surface area contributed by atoms with Gasteiger partial charge in [-0.2, -0.15) is 10.2 Å². The molecular formula is C16H15N7O. The van der Waals surface area contributed by atoms with Crippen LogP contribution in [0.25, 0.3) is 27.9 Å². The van der Waals surface area contributed by atoms with Gasteiger partial charge in [0.2, 0.25) is 0 Å². The lowest BCUT2D eigenvalue weighted by Gasteiger charge is -2.08. The molecule has 1 saturated carbocycles. The number of ether oxygens (including phenoxy) is 1. The highest BCUT2D eigenvalue weighted by atomic mass is 16.5. The van der Waals surface area contributed by atoms with E-state index in [0.29, 0.717) is 17.4 Å². The van der Waals surface area contributed by atoms with Crippen molar-refractivity contribution in [3.05, 3.63) is 30.2 Å². The van der Waals surface area contributed by atoms with Crippen molar-refractivity contribution in [3.63, 3.8) is 0 Å². The van der Waals surface area contributed by atoms with E-state index in [-0.39, 0.29) is 0 Å². The predicted octanol–water partition coefficient (Wildman–Crippen LogP) is 2.14. The van der Waals surface area contributed by atoms with Gasteiger partial charge in [-0.3, -0.25) is 5.10 Å². The molecule has 1 fully saturated rings. The molecule has 4 aromatic rings. The molecule has 120 valence electrons. The fourth-order valence-corrected chi connectivity index (χ4v) is 3.00. The molecule has 0 aliphatic heterocycles. The lowest BCUT2D eigenvalue weighted by atomic mass is 10.2. The number of nitrogens with one attached hydrogen (secondary N) is 1. The predicted molar refractivity (Wildman–Crippen MR) is 88.8 cm³/mol. The number of H-pyrrole nitrogens is 1. The second-order valence-electron chi connectivity index (χ2n) is 6.01. The molecule has 0 spiro atoms. The van der Waals surface area contributed by atoms with E-state index < -0.39 is 0 Å². The third kappa shape index (κ3) is 1.86. The van der Waals surface area contributed by atoms with Crippen molar-refractivity contribution in [2.45, 2.75) is 18.8 Å². The summed E-state index contributed by atoms with van der Waals surface area (Å²) in [6, 6.07) is 3.85. The van der Waals surface area contributed by atoms with Gasteiger partial charge in [0.05, 0.1) is 25.2 Å². The number of nitrogens with two attached hydrogens (primary N) is 1. The maximum absolute atomic E-state index is 6.03. The van der Waals surface area contributed by atoms with Crippen LogP contribution in [-0.2, 0) is 0 Å². The Kier molecular flexibility index (Phi) is 2.59. The number of imidazole rings is 1. The molecule has 1 aliphatic carbocycles. The molecule has 8 nitrogen and oxygen atoms in total. The number of rotatable bonds is 3. The number of pyridine rings is 1. The molecule has 0 radical (unpaired) electrons. The second kappa shape index (κ2) is 4.67. The molecule has 1 aliphatic rings. The summed E-state index contributed by atoms with van der Waals surface area (Å²) >= 11 is 0. The van der Waals surface area contributed by atoms with Gasteiger partial charge in [-0.05, 0) is 18.9 Å². The van der Waals surface area contributed by atoms with Gasteiger partial charge in [0.1, 0.15) is 28.5 Å². The minimum absolute atomic E-state index is 0.408. The number of nitrogens with zero attached hydrogens (tertiary/aromatic N) is 5. The van der Waals surface area contributed by atoms with Gasteiger partial charge in [-0.25, -0.2) is 14.5 Å². The third-order valence-corrected chi connectivity index (χ3v) is 4.39. The molecule has 0 saturated heterocycles. The van der Waals surface area contributed by atoms with Crippen molar-refractivity contribution >= 4 is 22.4 Å².